The van der Waals surface area contributed by atoms with Crippen LogP contribution in [-0.2, 0) is 16.1 Å². The van der Waals surface area contributed by atoms with Gasteiger partial charge in [0.05, 0.1) is 25.4 Å². The van der Waals surface area contributed by atoms with Gasteiger partial charge in [0.1, 0.15) is 17.2 Å². The van der Waals surface area contributed by atoms with Crippen LogP contribution in [0.3, 0.4) is 0 Å². The van der Waals surface area contributed by atoms with E-state index in [1.807, 2.05) is 41.7 Å². The molecule has 27 heavy (non-hydrogen) atoms. The highest BCUT2D eigenvalue weighted by Gasteiger charge is 2.23. The largest absolute Gasteiger partial charge is 0.465 e. The fourth-order valence-corrected chi connectivity index (χ4v) is 4.17. The number of carbonyl (C=O) groups is 2. The molecular weight excluding hydrogens is 364 g/mol. The Morgan fingerprint density at radius 1 is 1.30 bits per heavy atom. The first-order chi connectivity index (χ1) is 12.6. The average molecular weight is 394 g/mol. The number of rotatable bonds is 7. The zero-order valence-corrected chi connectivity index (χ0v) is 17.9. The number of hydrogen-bond acceptors (Lipinski definition) is 5. The maximum absolute atomic E-state index is 12.0. The van der Waals surface area contributed by atoms with Gasteiger partial charge in [-0.2, -0.15) is 0 Å². The number of H-pyrrole nitrogens is 1. The fraction of sp³-hybridized carbons (Fsp3) is 0.526. The normalized spacial score (nSPS) is 12.3. The second kappa shape index (κ2) is 8.67. The summed E-state index contributed by atoms with van der Waals surface area (Å²) in [5.74, 6) is -0.310. The fourth-order valence-electron chi connectivity index (χ4n) is 3.12. The highest BCUT2D eigenvalue weighted by Crippen LogP contribution is 2.32. The molecule has 8 heteroatoms. The molecule has 2 aromatic heterocycles. The van der Waals surface area contributed by atoms with Crippen LogP contribution in [0.2, 0.25) is 0 Å². The van der Waals surface area contributed by atoms with Gasteiger partial charge in [0.15, 0.2) is 6.54 Å². The van der Waals surface area contributed by atoms with E-state index >= 15 is 0 Å². The standard InChI is InChI=1S/C19H28N4O3S/c1-10(2)20-14(24)8-23(6)9-15-22-18(13(5)27-15)17-11(3)16(12(4)21-17)19(25)26-7/h10,21H,8-9H2,1-7H3,(H,20,24)/p+1. The summed E-state index contributed by atoms with van der Waals surface area (Å²) in [6.07, 6.45) is 0. The summed E-state index contributed by atoms with van der Waals surface area (Å²) in [6.45, 7) is 10.7. The molecule has 0 aromatic carbocycles. The molecule has 1 amide bonds. The number of ether oxygens (including phenoxy) is 1. The summed E-state index contributed by atoms with van der Waals surface area (Å²) in [4.78, 5) is 34.1. The minimum absolute atomic E-state index is 0.0366. The first-order valence-electron chi connectivity index (χ1n) is 8.98. The molecule has 0 aliphatic heterocycles. The SMILES string of the molecule is COC(=O)c1c(C)[nH]c(-c2nc(C[NH+](C)CC(=O)NC(C)C)sc2C)c1C. The summed E-state index contributed by atoms with van der Waals surface area (Å²) < 4.78 is 4.88. The Kier molecular flexibility index (Phi) is 6.78. The molecule has 0 bridgehead atoms. The lowest BCUT2D eigenvalue weighted by molar-refractivity contribution is -0.885. The minimum Gasteiger partial charge on any atom is -0.465 e. The average Bonchev–Trinajstić information content (AvgIpc) is 3.04. The summed E-state index contributed by atoms with van der Waals surface area (Å²) in [7, 11) is 3.36. The number of quaternary nitrogens is 1. The maximum atomic E-state index is 12.0. The number of likely N-dealkylation sites (N-methyl/N-ethyl adjacent to an activating group) is 1. The Morgan fingerprint density at radius 2 is 1.96 bits per heavy atom. The molecular formula is C19H29N4O3S+. The number of aryl methyl sites for hydroxylation is 2. The third kappa shape index (κ3) is 4.95. The molecule has 0 saturated heterocycles. The zero-order valence-electron chi connectivity index (χ0n) is 17.1. The van der Waals surface area contributed by atoms with E-state index in [1.165, 1.54) is 7.11 Å². The first kappa shape index (κ1) is 21.1. The highest BCUT2D eigenvalue weighted by atomic mass is 32.1. The molecule has 0 aliphatic carbocycles. The number of aromatic amines is 1. The van der Waals surface area contributed by atoms with E-state index < -0.39 is 0 Å². The number of thiazole rings is 1. The van der Waals surface area contributed by atoms with Crippen molar-refractivity contribution in [3.63, 3.8) is 0 Å². The van der Waals surface area contributed by atoms with Gasteiger partial charge in [-0.1, -0.05) is 0 Å². The van der Waals surface area contributed by atoms with Crippen molar-refractivity contribution >= 4 is 23.2 Å². The van der Waals surface area contributed by atoms with Crippen LogP contribution >= 0.6 is 11.3 Å². The van der Waals surface area contributed by atoms with E-state index in [0.29, 0.717) is 18.7 Å². The van der Waals surface area contributed by atoms with Crippen LogP contribution in [0.15, 0.2) is 0 Å². The minimum atomic E-state index is -0.346. The third-order valence-electron chi connectivity index (χ3n) is 4.27. The van der Waals surface area contributed by atoms with E-state index in [4.69, 9.17) is 9.72 Å². The quantitative estimate of drug-likeness (QED) is 0.620. The first-order valence-corrected chi connectivity index (χ1v) is 9.80. The van der Waals surface area contributed by atoms with E-state index in [9.17, 15) is 9.59 Å². The van der Waals surface area contributed by atoms with Crippen molar-refractivity contribution in [3.05, 3.63) is 26.7 Å². The molecule has 0 saturated carbocycles. The smallest absolute Gasteiger partial charge is 0.339 e. The molecule has 148 valence electrons. The van der Waals surface area contributed by atoms with Gasteiger partial charge in [0.25, 0.3) is 5.91 Å². The third-order valence-corrected chi connectivity index (χ3v) is 5.24. The number of amides is 1. The molecule has 2 aromatic rings. The van der Waals surface area contributed by atoms with Crippen molar-refractivity contribution < 1.29 is 19.2 Å². The predicted molar refractivity (Wildman–Crippen MR) is 106 cm³/mol. The van der Waals surface area contributed by atoms with Crippen LogP contribution < -0.4 is 10.2 Å². The van der Waals surface area contributed by atoms with Crippen molar-refractivity contribution in [1.82, 2.24) is 15.3 Å². The van der Waals surface area contributed by atoms with Crippen molar-refractivity contribution in [2.75, 3.05) is 20.7 Å². The molecule has 0 spiro atoms. The van der Waals surface area contributed by atoms with Crippen molar-refractivity contribution in [2.45, 2.75) is 47.2 Å². The number of esters is 1. The monoisotopic (exact) mass is 393 g/mol. The van der Waals surface area contributed by atoms with Crippen LogP contribution in [-0.4, -0.2) is 48.6 Å². The Labute approximate surface area is 164 Å². The van der Waals surface area contributed by atoms with Crippen LogP contribution in [0.1, 0.15) is 45.3 Å². The Morgan fingerprint density at radius 3 is 2.56 bits per heavy atom. The van der Waals surface area contributed by atoms with Gasteiger partial charge in [-0.3, -0.25) is 4.79 Å². The molecule has 2 rings (SSSR count). The van der Waals surface area contributed by atoms with Crippen molar-refractivity contribution in [3.8, 4) is 11.4 Å². The molecule has 0 radical (unpaired) electrons. The Balaban J connectivity index is 2.20. The maximum Gasteiger partial charge on any atom is 0.339 e. The summed E-state index contributed by atoms with van der Waals surface area (Å²) in [6, 6.07) is 0.141. The van der Waals surface area contributed by atoms with E-state index in [1.54, 1.807) is 11.3 Å². The van der Waals surface area contributed by atoms with Gasteiger partial charge in [0, 0.05) is 16.6 Å². The molecule has 0 aliphatic rings. The van der Waals surface area contributed by atoms with Crippen LogP contribution in [0.25, 0.3) is 11.4 Å². The lowest BCUT2D eigenvalue weighted by atomic mass is 10.1. The van der Waals surface area contributed by atoms with Gasteiger partial charge in [-0.25, -0.2) is 9.78 Å². The van der Waals surface area contributed by atoms with Gasteiger partial charge in [0.2, 0.25) is 0 Å². The van der Waals surface area contributed by atoms with Gasteiger partial charge in [-0.15, -0.1) is 11.3 Å². The second-order valence-electron chi connectivity index (χ2n) is 7.16. The van der Waals surface area contributed by atoms with Crippen LogP contribution in [0, 0.1) is 20.8 Å². The number of nitrogens with one attached hydrogen (secondary N) is 3. The topological polar surface area (TPSA) is 88.5 Å². The van der Waals surface area contributed by atoms with Crippen LogP contribution in [0.4, 0.5) is 0 Å². The Bertz CT molecular complexity index is 838. The second-order valence-corrected chi connectivity index (χ2v) is 8.45. The number of nitrogens with zero attached hydrogens (tertiary/aromatic N) is 1. The van der Waals surface area contributed by atoms with Crippen LogP contribution in [0.5, 0.6) is 0 Å². The molecule has 2 heterocycles. The number of hydrogen-bond donors (Lipinski definition) is 3. The van der Waals surface area contributed by atoms with Crippen molar-refractivity contribution in [1.29, 1.82) is 0 Å². The van der Waals surface area contributed by atoms with Crippen molar-refractivity contribution in [2.24, 2.45) is 0 Å². The number of aromatic nitrogens is 2. The summed E-state index contributed by atoms with van der Waals surface area (Å²) >= 11 is 1.62. The predicted octanol–water partition coefficient (Wildman–Crippen LogP) is 1.39. The highest BCUT2D eigenvalue weighted by molar-refractivity contribution is 7.12. The van der Waals surface area contributed by atoms with Gasteiger partial charge in [-0.05, 0) is 40.2 Å². The zero-order chi connectivity index (χ0) is 20.3. The number of methoxy groups -OCH3 is 1. The molecule has 3 N–H and O–H groups in total. The van der Waals surface area contributed by atoms with E-state index in [0.717, 1.165) is 37.4 Å². The summed E-state index contributed by atoms with van der Waals surface area (Å²) in [5.41, 5.74) is 3.88. The van der Waals surface area contributed by atoms with Gasteiger partial charge >= 0.3 is 5.97 Å². The number of carbonyl (C=O) groups excluding carboxylic acids is 2. The molecule has 7 nitrogen and oxygen atoms in total. The molecule has 0 fully saturated rings. The van der Waals surface area contributed by atoms with E-state index in [2.05, 4.69) is 10.3 Å². The Hall–Kier alpha value is -2.19. The lowest BCUT2D eigenvalue weighted by Crippen LogP contribution is -3.09. The lowest BCUT2D eigenvalue weighted by Gasteiger charge is -2.13. The van der Waals surface area contributed by atoms with Gasteiger partial charge < -0.3 is 19.9 Å². The molecule has 1 atom stereocenters. The van der Waals surface area contributed by atoms with E-state index in [-0.39, 0.29) is 17.9 Å². The molecule has 1 unspecified atom stereocenters. The summed E-state index contributed by atoms with van der Waals surface area (Å²) in [5, 5.41) is 3.87.